The van der Waals surface area contributed by atoms with Crippen molar-refractivity contribution >= 4 is 5.82 Å². The SMILES string of the molecule is Cc1cc(CNC(C)(C)C)cnc1N1CC(C)CC(C)C1. The van der Waals surface area contributed by atoms with E-state index in [4.69, 9.17) is 4.98 Å². The van der Waals surface area contributed by atoms with Crippen molar-refractivity contribution in [2.45, 2.75) is 60.0 Å². The molecule has 1 aliphatic heterocycles. The van der Waals surface area contributed by atoms with Crippen molar-refractivity contribution in [1.29, 1.82) is 0 Å². The fourth-order valence-corrected chi connectivity index (χ4v) is 3.26. The van der Waals surface area contributed by atoms with Crippen molar-refractivity contribution in [3.8, 4) is 0 Å². The molecule has 0 aliphatic carbocycles. The van der Waals surface area contributed by atoms with E-state index in [-0.39, 0.29) is 5.54 Å². The van der Waals surface area contributed by atoms with Gasteiger partial charge in [0.25, 0.3) is 0 Å². The Morgan fingerprint density at radius 3 is 2.38 bits per heavy atom. The second kappa shape index (κ2) is 6.35. The summed E-state index contributed by atoms with van der Waals surface area (Å²) >= 11 is 0. The standard InChI is InChI=1S/C18H31N3/c1-13-7-14(2)12-21(11-13)17-15(3)8-16(9-19-17)10-20-18(4,5)6/h8-9,13-14,20H,7,10-12H2,1-6H3. The summed E-state index contributed by atoms with van der Waals surface area (Å²) in [5, 5.41) is 3.52. The maximum atomic E-state index is 4.76. The fourth-order valence-electron chi connectivity index (χ4n) is 3.26. The molecule has 2 rings (SSSR count). The Kier molecular flexibility index (Phi) is 4.92. The fraction of sp³-hybridized carbons (Fsp3) is 0.722. The number of rotatable bonds is 3. The molecule has 0 bridgehead atoms. The monoisotopic (exact) mass is 289 g/mol. The minimum absolute atomic E-state index is 0.143. The number of hydrogen-bond donors (Lipinski definition) is 1. The third kappa shape index (κ3) is 4.70. The predicted molar refractivity (Wildman–Crippen MR) is 90.7 cm³/mol. The zero-order valence-electron chi connectivity index (χ0n) is 14.5. The highest BCUT2D eigenvalue weighted by atomic mass is 15.2. The van der Waals surface area contributed by atoms with Crippen LogP contribution in [0.3, 0.4) is 0 Å². The molecule has 2 unspecified atom stereocenters. The molecule has 1 saturated heterocycles. The minimum Gasteiger partial charge on any atom is -0.356 e. The normalized spacial score (nSPS) is 23.4. The van der Waals surface area contributed by atoms with Crippen LogP contribution in [-0.2, 0) is 6.54 Å². The quantitative estimate of drug-likeness (QED) is 0.918. The summed E-state index contributed by atoms with van der Waals surface area (Å²) in [6, 6.07) is 2.28. The Bertz CT molecular complexity index is 466. The van der Waals surface area contributed by atoms with Gasteiger partial charge >= 0.3 is 0 Å². The summed E-state index contributed by atoms with van der Waals surface area (Å²) in [7, 11) is 0. The molecule has 0 aromatic carbocycles. The lowest BCUT2D eigenvalue weighted by molar-refractivity contribution is 0.355. The Hall–Kier alpha value is -1.09. The first-order valence-corrected chi connectivity index (χ1v) is 8.20. The number of piperidine rings is 1. The second-order valence-electron chi connectivity index (χ2n) is 7.94. The van der Waals surface area contributed by atoms with Gasteiger partial charge in [-0.2, -0.15) is 0 Å². The van der Waals surface area contributed by atoms with Crippen molar-refractivity contribution in [2.75, 3.05) is 18.0 Å². The minimum atomic E-state index is 0.143. The Morgan fingerprint density at radius 2 is 1.86 bits per heavy atom. The average Bonchev–Trinajstić information content (AvgIpc) is 2.34. The molecular formula is C18H31N3. The zero-order chi connectivity index (χ0) is 15.6. The molecule has 21 heavy (non-hydrogen) atoms. The molecule has 1 aromatic rings. The maximum absolute atomic E-state index is 4.76. The topological polar surface area (TPSA) is 28.2 Å². The molecular weight excluding hydrogens is 258 g/mol. The number of aryl methyl sites for hydroxylation is 1. The smallest absolute Gasteiger partial charge is 0.131 e. The van der Waals surface area contributed by atoms with Gasteiger partial charge < -0.3 is 10.2 Å². The lowest BCUT2D eigenvalue weighted by Crippen LogP contribution is -2.39. The van der Waals surface area contributed by atoms with E-state index < -0.39 is 0 Å². The van der Waals surface area contributed by atoms with Gasteiger partial charge in [0.1, 0.15) is 5.82 Å². The van der Waals surface area contributed by atoms with Gasteiger partial charge in [0.15, 0.2) is 0 Å². The third-order valence-electron chi connectivity index (χ3n) is 4.10. The molecule has 0 radical (unpaired) electrons. The molecule has 1 aromatic heterocycles. The van der Waals surface area contributed by atoms with E-state index in [0.717, 1.165) is 31.5 Å². The van der Waals surface area contributed by atoms with Gasteiger partial charge in [0.05, 0.1) is 0 Å². The third-order valence-corrected chi connectivity index (χ3v) is 4.10. The summed E-state index contributed by atoms with van der Waals surface area (Å²) < 4.78 is 0. The highest BCUT2D eigenvalue weighted by Gasteiger charge is 2.23. The first-order chi connectivity index (χ1) is 9.74. The number of pyridine rings is 1. The van der Waals surface area contributed by atoms with Crippen LogP contribution in [0.4, 0.5) is 5.82 Å². The van der Waals surface area contributed by atoms with E-state index in [2.05, 4.69) is 57.8 Å². The largest absolute Gasteiger partial charge is 0.356 e. The number of aromatic nitrogens is 1. The van der Waals surface area contributed by atoms with E-state index in [0.29, 0.717) is 0 Å². The van der Waals surface area contributed by atoms with Crippen molar-refractivity contribution in [2.24, 2.45) is 11.8 Å². The van der Waals surface area contributed by atoms with Crippen LogP contribution in [-0.4, -0.2) is 23.6 Å². The van der Waals surface area contributed by atoms with Crippen LogP contribution >= 0.6 is 0 Å². The molecule has 1 aliphatic rings. The number of nitrogens with one attached hydrogen (secondary N) is 1. The van der Waals surface area contributed by atoms with Crippen molar-refractivity contribution in [3.63, 3.8) is 0 Å². The van der Waals surface area contributed by atoms with Crippen molar-refractivity contribution in [3.05, 3.63) is 23.4 Å². The lowest BCUT2D eigenvalue weighted by Gasteiger charge is -2.36. The van der Waals surface area contributed by atoms with Gasteiger partial charge in [-0.05, 0) is 63.1 Å². The summed E-state index contributed by atoms with van der Waals surface area (Å²) in [6.45, 7) is 16.6. The van der Waals surface area contributed by atoms with Crippen molar-refractivity contribution < 1.29 is 0 Å². The summed E-state index contributed by atoms with van der Waals surface area (Å²) in [5.41, 5.74) is 2.71. The van der Waals surface area contributed by atoms with E-state index in [9.17, 15) is 0 Å². The maximum Gasteiger partial charge on any atom is 0.131 e. The predicted octanol–water partition coefficient (Wildman–Crippen LogP) is 3.76. The molecule has 0 saturated carbocycles. The van der Waals surface area contributed by atoms with Crippen LogP contribution in [0, 0.1) is 18.8 Å². The van der Waals surface area contributed by atoms with E-state index >= 15 is 0 Å². The van der Waals surface area contributed by atoms with Gasteiger partial charge in [-0.25, -0.2) is 4.98 Å². The molecule has 3 heteroatoms. The van der Waals surface area contributed by atoms with Gasteiger partial charge in [-0.15, -0.1) is 0 Å². The number of hydrogen-bond acceptors (Lipinski definition) is 3. The summed E-state index contributed by atoms with van der Waals surface area (Å²) in [6.07, 6.45) is 3.37. The van der Waals surface area contributed by atoms with Gasteiger partial charge in [-0.3, -0.25) is 0 Å². The second-order valence-corrected chi connectivity index (χ2v) is 7.94. The summed E-state index contributed by atoms with van der Waals surface area (Å²) in [4.78, 5) is 7.22. The highest BCUT2D eigenvalue weighted by Crippen LogP contribution is 2.27. The van der Waals surface area contributed by atoms with Crippen LogP contribution in [0.2, 0.25) is 0 Å². The van der Waals surface area contributed by atoms with Crippen LogP contribution in [0.5, 0.6) is 0 Å². The Balaban J connectivity index is 2.08. The number of anilines is 1. The molecule has 0 spiro atoms. The molecule has 2 heterocycles. The number of nitrogens with zero attached hydrogens (tertiary/aromatic N) is 2. The van der Waals surface area contributed by atoms with E-state index in [1.54, 1.807) is 0 Å². The van der Waals surface area contributed by atoms with Crippen LogP contribution in [0.15, 0.2) is 12.3 Å². The Labute approximate surface area is 130 Å². The molecule has 2 atom stereocenters. The molecule has 3 nitrogen and oxygen atoms in total. The van der Waals surface area contributed by atoms with Crippen LogP contribution in [0.25, 0.3) is 0 Å². The first-order valence-electron chi connectivity index (χ1n) is 8.20. The average molecular weight is 289 g/mol. The van der Waals surface area contributed by atoms with Gasteiger partial charge in [-0.1, -0.05) is 13.8 Å². The first kappa shape index (κ1) is 16.3. The summed E-state index contributed by atoms with van der Waals surface area (Å²) in [5.74, 6) is 2.70. The molecule has 118 valence electrons. The molecule has 1 fully saturated rings. The zero-order valence-corrected chi connectivity index (χ0v) is 14.5. The van der Waals surface area contributed by atoms with E-state index in [1.165, 1.54) is 23.4 Å². The Morgan fingerprint density at radius 1 is 1.24 bits per heavy atom. The molecule has 1 N–H and O–H groups in total. The van der Waals surface area contributed by atoms with Gasteiger partial charge in [0.2, 0.25) is 0 Å². The highest BCUT2D eigenvalue weighted by molar-refractivity contribution is 5.48. The van der Waals surface area contributed by atoms with Gasteiger partial charge in [0, 0.05) is 31.4 Å². The van der Waals surface area contributed by atoms with Crippen LogP contribution < -0.4 is 10.2 Å². The van der Waals surface area contributed by atoms with E-state index in [1.807, 2.05) is 6.20 Å². The van der Waals surface area contributed by atoms with Crippen molar-refractivity contribution in [1.82, 2.24) is 10.3 Å². The molecule has 0 amide bonds. The van der Waals surface area contributed by atoms with Crippen LogP contribution in [0.1, 0.15) is 52.2 Å². The lowest BCUT2D eigenvalue weighted by atomic mass is 9.91.